The predicted molar refractivity (Wildman–Crippen MR) is 58.0 cm³/mol. The number of hydrogen-bond donors (Lipinski definition) is 2. The van der Waals surface area contributed by atoms with E-state index in [0.717, 1.165) is 11.3 Å². The Bertz CT molecular complexity index is 359. The van der Waals surface area contributed by atoms with E-state index >= 15 is 0 Å². The lowest BCUT2D eigenvalue weighted by Gasteiger charge is -2.00. The zero-order chi connectivity index (χ0) is 11.3. The minimum atomic E-state index is -0.925. The molecule has 0 saturated heterocycles. The quantitative estimate of drug-likeness (QED) is 0.806. The highest BCUT2D eigenvalue weighted by molar-refractivity contribution is 7.13. The largest absolute Gasteiger partial charge is 0.477 e. The Labute approximate surface area is 91.9 Å². The highest BCUT2D eigenvalue weighted by Crippen LogP contribution is 2.15. The summed E-state index contributed by atoms with van der Waals surface area (Å²) in [5, 5.41) is 11.4. The first kappa shape index (κ1) is 11.7. The smallest absolute Gasteiger partial charge is 0.345 e. The molecule has 1 rings (SSSR count). The zero-order valence-electron chi connectivity index (χ0n) is 8.45. The van der Waals surface area contributed by atoms with Gasteiger partial charge in [-0.15, -0.1) is 11.3 Å². The molecule has 0 aliphatic heterocycles. The standard InChI is InChI=1S/C10H13NO3S/c1-2-3-9(12)11-6-7-4-5-8(15-7)10(13)14/h4-5H,2-3,6H2,1H3,(H,11,12)(H,13,14). The summed E-state index contributed by atoms with van der Waals surface area (Å²) in [6.45, 7) is 2.35. The lowest BCUT2D eigenvalue weighted by Crippen LogP contribution is -2.21. The van der Waals surface area contributed by atoms with Gasteiger partial charge in [-0.1, -0.05) is 6.92 Å². The molecule has 1 amide bonds. The molecule has 1 aromatic heterocycles. The molecule has 1 aromatic rings. The van der Waals surface area contributed by atoms with Gasteiger partial charge in [-0.25, -0.2) is 4.79 Å². The lowest BCUT2D eigenvalue weighted by atomic mass is 10.3. The van der Waals surface area contributed by atoms with Crippen molar-refractivity contribution in [2.24, 2.45) is 0 Å². The summed E-state index contributed by atoms with van der Waals surface area (Å²) in [7, 11) is 0. The Balaban J connectivity index is 2.44. The van der Waals surface area contributed by atoms with E-state index in [1.807, 2.05) is 6.92 Å². The van der Waals surface area contributed by atoms with Crippen molar-refractivity contribution in [1.29, 1.82) is 0 Å². The molecule has 0 spiro atoms. The van der Waals surface area contributed by atoms with E-state index in [1.165, 1.54) is 11.3 Å². The Hall–Kier alpha value is -1.36. The van der Waals surface area contributed by atoms with E-state index in [1.54, 1.807) is 12.1 Å². The molecule has 0 bridgehead atoms. The van der Waals surface area contributed by atoms with Crippen LogP contribution in [-0.4, -0.2) is 17.0 Å². The van der Waals surface area contributed by atoms with Gasteiger partial charge in [0.15, 0.2) is 0 Å². The number of amides is 1. The minimum Gasteiger partial charge on any atom is -0.477 e. The molecule has 0 aromatic carbocycles. The number of rotatable bonds is 5. The number of hydrogen-bond acceptors (Lipinski definition) is 3. The molecule has 0 radical (unpaired) electrons. The summed E-state index contributed by atoms with van der Waals surface area (Å²) in [4.78, 5) is 22.9. The van der Waals surface area contributed by atoms with Crippen molar-refractivity contribution in [2.75, 3.05) is 0 Å². The Morgan fingerprint density at radius 2 is 2.20 bits per heavy atom. The Morgan fingerprint density at radius 3 is 2.73 bits per heavy atom. The van der Waals surface area contributed by atoms with E-state index in [4.69, 9.17) is 5.11 Å². The average Bonchev–Trinajstić information content (AvgIpc) is 2.63. The van der Waals surface area contributed by atoms with Gasteiger partial charge in [0.05, 0.1) is 6.54 Å². The lowest BCUT2D eigenvalue weighted by molar-refractivity contribution is -0.121. The van der Waals surface area contributed by atoms with Crippen molar-refractivity contribution in [3.8, 4) is 0 Å². The van der Waals surface area contributed by atoms with Crippen molar-refractivity contribution in [1.82, 2.24) is 5.32 Å². The predicted octanol–water partition coefficient (Wildman–Crippen LogP) is 1.86. The number of aromatic carboxylic acids is 1. The SMILES string of the molecule is CCCC(=O)NCc1ccc(C(=O)O)s1. The van der Waals surface area contributed by atoms with Gasteiger partial charge in [0.25, 0.3) is 0 Å². The van der Waals surface area contributed by atoms with E-state index in [9.17, 15) is 9.59 Å². The third kappa shape index (κ3) is 3.71. The number of carbonyl (C=O) groups excluding carboxylic acids is 1. The summed E-state index contributed by atoms with van der Waals surface area (Å²) in [5.41, 5.74) is 0. The Morgan fingerprint density at radius 1 is 1.47 bits per heavy atom. The maximum atomic E-state index is 11.1. The highest BCUT2D eigenvalue weighted by atomic mass is 32.1. The van der Waals surface area contributed by atoms with Crippen LogP contribution in [0.3, 0.4) is 0 Å². The van der Waals surface area contributed by atoms with Gasteiger partial charge in [0.1, 0.15) is 4.88 Å². The van der Waals surface area contributed by atoms with E-state index in [2.05, 4.69) is 5.32 Å². The number of carbonyl (C=O) groups is 2. The van der Waals surface area contributed by atoms with E-state index in [0.29, 0.717) is 17.8 Å². The van der Waals surface area contributed by atoms with Gasteiger partial charge in [-0.2, -0.15) is 0 Å². The maximum Gasteiger partial charge on any atom is 0.345 e. The van der Waals surface area contributed by atoms with E-state index in [-0.39, 0.29) is 5.91 Å². The van der Waals surface area contributed by atoms with Gasteiger partial charge < -0.3 is 10.4 Å². The van der Waals surface area contributed by atoms with Crippen molar-refractivity contribution >= 4 is 23.2 Å². The third-order valence-corrected chi connectivity index (χ3v) is 2.88. The molecule has 15 heavy (non-hydrogen) atoms. The van der Waals surface area contributed by atoms with Crippen LogP contribution in [0, 0.1) is 0 Å². The second-order valence-electron chi connectivity index (χ2n) is 3.10. The highest BCUT2D eigenvalue weighted by Gasteiger charge is 2.07. The van der Waals surface area contributed by atoms with Crippen molar-refractivity contribution in [3.63, 3.8) is 0 Å². The molecule has 0 fully saturated rings. The molecule has 5 heteroatoms. The van der Waals surface area contributed by atoms with Crippen LogP contribution in [-0.2, 0) is 11.3 Å². The normalized spacial score (nSPS) is 9.93. The van der Waals surface area contributed by atoms with Crippen molar-refractivity contribution in [2.45, 2.75) is 26.3 Å². The number of carboxylic acid groups (broad SMARTS) is 1. The molecule has 0 atom stereocenters. The Kier molecular flexibility index (Phi) is 4.30. The van der Waals surface area contributed by atoms with Gasteiger partial charge >= 0.3 is 5.97 Å². The molecule has 82 valence electrons. The van der Waals surface area contributed by atoms with Gasteiger partial charge in [0.2, 0.25) is 5.91 Å². The van der Waals surface area contributed by atoms with Crippen LogP contribution in [0.25, 0.3) is 0 Å². The fourth-order valence-corrected chi connectivity index (χ4v) is 1.88. The average molecular weight is 227 g/mol. The van der Waals surface area contributed by atoms with Gasteiger partial charge in [-0.05, 0) is 18.6 Å². The summed E-state index contributed by atoms with van der Waals surface area (Å²) >= 11 is 1.19. The summed E-state index contributed by atoms with van der Waals surface area (Å²) in [6.07, 6.45) is 1.33. The molecule has 0 unspecified atom stereocenters. The molecular weight excluding hydrogens is 214 g/mol. The summed E-state index contributed by atoms with van der Waals surface area (Å²) < 4.78 is 0. The topological polar surface area (TPSA) is 66.4 Å². The third-order valence-electron chi connectivity index (χ3n) is 1.81. The number of thiophene rings is 1. The van der Waals surface area contributed by atoms with E-state index < -0.39 is 5.97 Å². The van der Waals surface area contributed by atoms with Crippen LogP contribution < -0.4 is 5.32 Å². The van der Waals surface area contributed by atoms with Crippen LogP contribution in [0.15, 0.2) is 12.1 Å². The monoisotopic (exact) mass is 227 g/mol. The van der Waals surface area contributed by atoms with Crippen molar-refractivity contribution < 1.29 is 14.7 Å². The molecule has 1 heterocycles. The van der Waals surface area contributed by atoms with Crippen LogP contribution >= 0.6 is 11.3 Å². The zero-order valence-corrected chi connectivity index (χ0v) is 9.26. The minimum absolute atomic E-state index is 0.00257. The molecule has 2 N–H and O–H groups in total. The first-order valence-corrected chi connectivity index (χ1v) is 5.54. The number of nitrogens with one attached hydrogen (secondary N) is 1. The second kappa shape index (κ2) is 5.50. The molecule has 0 aliphatic carbocycles. The molecule has 0 aliphatic rings. The van der Waals surface area contributed by atoms with Gasteiger partial charge in [-0.3, -0.25) is 4.79 Å². The van der Waals surface area contributed by atoms with Crippen molar-refractivity contribution in [3.05, 3.63) is 21.9 Å². The van der Waals surface area contributed by atoms with Crippen LogP contribution in [0.4, 0.5) is 0 Å². The second-order valence-corrected chi connectivity index (χ2v) is 4.27. The van der Waals surface area contributed by atoms with Crippen LogP contribution in [0.2, 0.25) is 0 Å². The molecule has 4 nitrogen and oxygen atoms in total. The van der Waals surface area contributed by atoms with Crippen LogP contribution in [0.5, 0.6) is 0 Å². The van der Waals surface area contributed by atoms with Crippen LogP contribution in [0.1, 0.15) is 34.3 Å². The fourth-order valence-electron chi connectivity index (χ4n) is 1.09. The van der Waals surface area contributed by atoms with Gasteiger partial charge in [0, 0.05) is 11.3 Å². The summed E-state index contributed by atoms with van der Waals surface area (Å²) in [6, 6.07) is 3.27. The fraction of sp³-hybridized carbons (Fsp3) is 0.400. The first-order chi connectivity index (χ1) is 7.13. The molecule has 0 saturated carbocycles. The maximum absolute atomic E-state index is 11.1. The number of carboxylic acids is 1. The summed E-state index contributed by atoms with van der Waals surface area (Å²) in [5.74, 6) is -0.922. The molecular formula is C10H13NO3S. The first-order valence-electron chi connectivity index (χ1n) is 4.72.